The first-order valence-electron chi connectivity index (χ1n) is 10.4. The third kappa shape index (κ3) is 7.80. The highest BCUT2D eigenvalue weighted by Gasteiger charge is 2.19. The molecule has 0 aromatic heterocycles. The van der Waals surface area contributed by atoms with E-state index >= 15 is 0 Å². The predicted octanol–water partition coefficient (Wildman–Crippen LogP) is 2.77. The molecule has 8 heteroatoms. The Morgan fingerprint density at radius 3 is 2.13 bits per heavy atom. The summed E-state index contributed by atoms with van der Waals surface area (Å²) >= 11 is 0. The number of rotatable bonds is 10. The van der Waals surface area contributed by atoms with Crippen molar-refractivity contribution in [3.8, 4) is 11.5 Å². The molecule has 1 saturated heterocycles. The van der Waals surface area contributed by atoms with Crippen LogP contribution < -0.4 is 14.8 Å². The van der Waals surface area contributed by atoms with Gasteiger partial charge in [-0.3, -0.25) is 14.6 Å². The van der Waals surface area contributed by atoms with Crippen molar-refractivity contribution in [3.05, 3.63) is 59.7 Å². The fraction of sp³-hybridized carbons (Fsp3) is 0.435. The zero-order valence-corrected chi connectivity index (χ0v) is 17.7. The van der Waals surface area contributed by atoms with Gasteiger partial charge in [-0.1, -0.05) is 24.3 Å². The largest absolute Gasteiger partial charge is 0.497 e. The number of carbonyl (C=O) groups excluding carboxylic acids is 1. The number of amides is 1. The van der Waals surface area contributed by atoms with E-state index in [1.54, 1.807) is 19.2 Å². The van der Waals surface area contributed by atoms with Crippen molar-refractivity contribution in [3.63, 3.8) is 0 Å². The van der Waals surface area contributed by atoms with E-state index < -0.39 is 6.61 Å². The molecule has 1 aliphatic rings. The average molecular weight is 433 g/mol. The molecule has 3 rings (SSSR count). The molecule has 2 aromatic carbocycles. The summed E-state index contributed by atoms with van der Waals surface area (Å²) in [6.07, 6.45) is 0.635. The number of piperazine rings is 1. The summed E-state index contributed by atoms with van der Waals surface area (Å²) < 4.78 is 33.9. The number of ether oxygens (including phenoxy) is 2. The van der Waals surface area contributed by atoms with Crippen LogP contribution in [0.25, 0.3) is 0 Å². The lowest BCUT2D eigenvalue weighted by atomic mass is 10.1. The van der Waals surface area contributed by atoms with E-state index in [2.05, 4.69) is 32.0 Å². The second kappa shape index (κ2) is 11.6. The van der Waals surface area contributed by atoms with E-state index in [1.807, 2.05) is 12.1 Å². The Bertz CT molecular complexity index is 808. The summed E-state index contributed by atoms with van der Waals surface area (Å²) in [7, 11) is 1.66. The second-order valence-electron chi connectivity index (χ2n) is 7.52. The Hall–Kier alpha value is -2.71. The summed E-state index contributed by atoms with van der Waals surface area (Å²) in [5.41, 5.74) is 2.20. The Balaban J connectivity index is 1.31. The third-order valence-electron chi connectivity index (χ3n) is 5.28. The van der Waals surface area contributed by atoms with Gasteiger partial charge in [0.1, 0.15) is 11.5 Å². The quantitative estimate of drug-likeness (QED) is 0.625. The molecule has 0 unspecified atom stereocenters. The van der Waals surface area contributed by atoms with Crippen LogP contribution in [0.1, 0.15) is 11.1 Å². The third-order valence-corrected chi connectivity index (χ3v) is 5.28. The Kier molecular flexibility index (Phi) is 8.61. The number of benzene rings is 2. The average Bonchev–Trinajstić information content (AvgIpc) is 2.76. The molecule has 1 fully saturated rings. The first-order valence-corrected chi connectivity index (χ1v) is 10.4. The van der Waals surface area contributed by atoms with Crippen LogP contribution in [-0.2, 0) is 17.8 Å². The highest BCUT2D eigenvalue weighted by Crippen LogP contribution is 2.15. The fourth-order valence-corrected chi connectivity index (χ4v) is 3.54. The Labute approximate surface area is 181 Å². The van der Waals surface area contributed by atoms with Crippen molar-refractivity contribution >= 4 is 5.91 Å². The smallest absolute Gasteiger partial charge is 0.387 e. The van der Waals surface area contributed by atoms with E-state index in [0.29, 0.717) is 19.5 Å². The second-order valence-corrected chi connectivity index (χ2v) is 7.52. The van der Waals surface area contributed by atoms with Crippen molar-refractivity contribution < 1.29 is 23.0 Å². The van der Waals surface area contributed by atoms with Crippen LogP contribution >= 0.6 is 0 Å². The number of carbonyl (C=O) groups is 1. The molecule has 1 heterocycles. The van der Waals surface area contributed by atoms with E-state index in [-0.39, 0.29) is 11.7 Å². The lowest BCUT2D eigenvalue weighted by Crippen LogP contribution is -2.49. The number of nitrogens with zero attached hydrogens (tertiary/aromatic N) is 2. The maximum absolute atomic E-state index is 12.2. The molecule has 1 N–H and O–H groups in total. The number of alkyl halides is 2. The van der Waals surface area contributed by atoms with Crippen LogP contribution in [0.4, 0.5) is 8.78 Å². The lowest BCUT2D eigenvalue weighted by molar-refractivity contribution is -0.122. The highest BCUT2D eigenvalue weighted by molar-refractivity contribution is 5.78. The molecule has 0 radical (unpaired) electrons. The Morgan fingerprint density at radius 2 is 1.52 bits per heavy atom. The molecule has 1 aliphatic heterocycles. The summed E-state index contributed by atoms with van der Waals surface area (Å²) in [6, 6.07) is 14.6. The van der Waals surface area contributed by atoms with Crippen molar-refractivity contribution in [2.75, 3.05) is 46.4 Å². The topological polar surface area (TPSA) is 54.0 Å². The standard InChI is InChI=1S/C23H29F2N3O3/c1-30-20-6-4-19(5-7-20)16-27-12-14-28(15-13-27)17-22(29)26-11-10-18-2-8-21(9-3-18)31-23(24)25/h2-9,23H,10-17H2,1H3,(H,26,29). The lowest BCUT2D eigenvalue weighted by Gasteiger charge is -2.34. The molecule has 0 bridgehead atoms. The fourth-order valence-electron chi connectivity index (χ4n) is 3.54. The normalized spacial score (nSPS) is 15.1. The molecule has 6 nitrogen and oxygen atoms in total. The minimum absolute atomic E-state index is 0.00117. The van der Waals surface area contributed by atoms with Gasteiger partial charge in [0.05, 0.1) is 13.7 Å². The van der Waals surface area contributed by atoms with Gasteiger partial charge in [-0.15, -0.1) is 0 Å². The maximum atomic E-state index is 12.2. The van der Waals surface area contributed by atoms with Crippen LogP contribution in [0.2, 0.25) is 0 Å². The number of hydrogen-bond acceptors (Lipinski definition) is 5. The van der Waals surface area contributed by atoms with E-state index in [9.17, 15) is 13.6 Å². The molecule has 0 spiro atoms. The number of halogens is 2. The molecule has 0 saturated carbocycles. The minimum Gasteiger partial charge on any atom is -0.497 e. The Morgan fingerprint density at radius 1 is 0.935 bits per heavy atom. The molecule has 0 atom stereocenters. The summed E-state index contributed by atoms with van der Waals surface area (Å²) in [5.74, 6) is 0.993. The molecule has 31 heavy (non-hydrogen) atoms. The van der Waals surface area contributed by atoms with Gasteiger partial charge in [-0.2, -0.15) is 8.78 Å². The first-order chi connectivity index (χ1) is 15.0. The highest BCUT2D eigenvalue weighted by atomic mass is 19.3. The van der Waals surface area contributed by atoms with Gasteiger partial charge in [0, 0.05) is 39.3 Å². The maximum Gasteiger partial charge on any atom is 0.387 e. The molecule has 1 amide bonds. The zero-order valence-electron chi connectivity index (χ0n) is 17.7. The molecule has 168 valence electrons. The summed E-state index contributed by atoms with van der Waals surface area (Å²) in [5, 5.41) is 2.93. The molecular formula is C23H29F2N3O3. The molecule has 2 aromatic rings. The van der Waals surface area contributed by atoms with Gasteiger partial charge >= 0.3 is 6.61 Å². The monoisotopic (exact) mass is 433 g/mol. The predicted molar refractivity (Wildman–Crippen MR) is 114 cm³/mol. The molecular weight excluding hydrogens is 404 g/mol. The van der Waals surface area contributed by atoms with E-state index in [0.717, 1.165) is 44.0 Å². The van der Waals surface area contributed by atoms with Gasteiger partial charge in [0.25, 0.3) is 0 Å². The number of hydrogen-bond donors (Lipinski definition) is 1. The van der Waals surface area contributed by atoms with Crippen molar-refractivity contribution in [2.24, 2.45) is 0 Å². The molecule has 0 aliphatic carbocycles. The van der Waals surface area contributed by atoms with Crippen molar-refractivity contribution in [2.45, 2.75) is 19.6 Å². The van der Waals surface area contributed by atoms with Gasteiger partial charge < -0.3 is 14.8 Å². The van der Waals surface area contributed by atoms with Gasteiger partial charge in [-0.05, 0) is 41.8 Å². The van der Waals surface area contributed by atoms with Gasteiger partial charge in [0.2, 0.25) is 5.91 Å². The van der Waals surface area contributed by atoms with Gasteiger partial charge in [-0.25, -0.2) is 0 Å². The number of nitrogens with one attached hydrogen (secondary N) is 1. The zero-order chi connectivity index (χ0) is 22.1. The summed E-state index contributed by atoms with van der Waals surface area (Å²) in [4.78, 5) is 16.8. The summed E-state index contributed by atoms with van der Waals surface area (Å²) in [6.45, 7) is 2.52. The van der Waals surface area contributed by atoms with Crippen LogP contribution in [0.5, 0.6) is 11.5 Å². The van der Waals surface area contributed by atoms with Crippen molar-refractivity contribution in [1.29, 1.82) is 0 Å². The van der Waals surface area contributed by atoms with Crippen molar-refractivity contribution in [1.82, 2.24) is 15.1 Å². The van der Waals surface area contributed by atoms with Crippen LogP contribution in [-0.4, -0.2) is 68.7 Å². The van der Waals surface area contributed by atoms with E-state index in [1.165, 1.54) is 17.7 Å². The number of methoxy groups -OCH3 is 1. The minimum atomic E-state index is -2.82. The SMILES string of the molecule is COc1ccc(CN2CCN(CC(=O)NCCc3ccc(OC(F)F)cc3)CC2)cc1. The van der Waals surface area contributed by atoms with E-state index in [4.69, 9.17) is 4.74 Å². The van der Waals surface area contributed by atoms with Crippen LogP contribution in [0.3, 0.4) is 0 Å². The van der Waals surface area contributed by atoms with Crippen LogP contribution in [0.15, 0.2) is 48.5 Å². The first kappa shape index (κ1) is 23.0. The van der Waals surface area contributed by atoms with Crippen LogP contribution in [0, 0.1) is 0 Å². The van der Waals surface area contributed by atoms with Gasteiger partial charge in [0.15, 0.2) is 0 Å².